The summed E-state index contributed by atoms with van der Waals surface area (Å²) in [4.78, 5) is 48.9. The third kappa shape index (κ3) is 5.69. The van der Waals surface area contributed by atoms with Crippen LogP contribution in [0.4, 0.5) is 0 Å². The van der Waals surface area contributed by atoms with Crippen molar-refractivity contribution in [3.8, 4) is 0 Å². The predicted octanol–water partition coefficient (Wildman–Crippen LogP) is 5.63. The molecule has 4 heterocycles. The second kappa shape index (κ2) is 12.6. The van der Waals surface area contributed by atoms with Gasteiger partial charge in [-0.3, -0.25) is 0 Å². The molecule has 4 atom stereocenters. The smallest absolute Gasteiger partial charge is 0.338 e. The summed E-state index contributed by atoms with van der Waals surface area (Å²) in [5, 5.41) is 0. The molecule has 0 saturated carbocycles. The van der Waals surface area contributed by atoms with Crippen LogP contribution in [0.15, 0.2) is 128 Å². The highest BCUT2D eigenvalue weighted by Crippen LogP contribution is 2.40. The molecule has 0 aliphatic carbocycles. The minimum absolute atomic E-state index is 0.281. The van der Waals surface area contributed by atoms with Gasteiger partial charge in [0.25, 0.3) is 0 Å². The number of aromatic nitrogens is 3. The molecule has 0 amide bonds. The second-order valence-corrected chi connectivity index (χ2v) is 10.7. The average Bonchev–Trinajstić information content (AvgIpc) is 3.73. The van der Waals surface area contributed by atoms with Crippen molar-refractivity contribution in [1.29, 1.82) is 0 Å². The Morgan fingerprint density at radius 1 is 0.674 bits per heavy atom. The number of hydrogen-bond donors (Lipinski definition) is 0. The Kier molecular flexibility index (Phi) is 7.92. The van der Waals surface area contributed by atoms with E-state index in [0.29, 0.717) is 33.4 Å². The van der Waals surface area contributed by atoms with Crippen molar-refractivity contribution >= 4 is 34.6 Å². The number of rotatable bonds is 8. The van der Waals surface area contributed by atoms with Crippen LogP contribution >= 0.6 is 0 Å². The third-order valence-corrected chi connectivity index (χ3v) is 7.79. The molecule has 1 aliphatic rings. The molecule has 6 aromatic rings. The third-order valence-electron chi connectivity index (χ3n) is 7.79. The van der Waals surface area contributed by atoms with Gasteiger partial charge in [0.2, 0.25) is 0 Å². The number of esters is 3. The summed E-state index contributed by atoms with van der Waals surface area (Å²) in [5.41, 5.74) is 3.44. The highest BCUT2D eigenvalue weighted by Gasteiger charge is 2.51. The molecule has 0 radical (unpaired) electrons. The van der Waals surface area contributed by atoms with Gasteiger partial charge in [-0.1, -0.05) is 54.6 Å². The number of hydrogen-bond acceptors (Lipinski definition) is 9. The van der Waals surface area contributed by atoms with Crippen LogP contribution in [0.1, 0.15) is 42.7 Å². The van der Waals surface area contributed by atoms with Crippen molar-refractivity contribution < 1.29 is 33.3 Å². The fourth-order valence-corrected chi connectivity index (χ4v) is 5.59. The lowest BCUT2D eigenvalue weighted by atomic mass is 10.0. The van der Waals surface area contributed by atoms with Crippen LogP contribution < -0.4 is 0 Å². The molecule has 0 N–H and O–H groups in total. The number of nitrogens with zero attached hydrogens (tertiary/aromatic N) is 3. The molecule has 10 heteroatoms. The van der Waals surface area contributed by atoms with E-state index in [0.717, 1.165) is 5.52 Å². The summed E-state index contributed by atoms with van der Waals surface area (Å²) >= 11 is 0. The van der Waals surface area contributed by atoms with Crippen LogP contribution in [0, 0.1) is 0 Å². The number of pyridine rings is 1. The SMILES string of the molecule is O=C(OC[C@H]1O[C@@H](c2ccnc3ncc4cccn4c23)[C@H](OC(=O)c2ccccc2)[C@@H]1OC(=O)c1ccccc1)c1ccccc1. The van der Waals surface area contributed by atoms with Gasteiger partial charge in [0.1, 0.15) is 18.8 Å². The Bertz CT molecular complexity index is 2020. The maximum absolute atomic E-state index is 13.5. The Morgan fingerprint density at radius 3 is 1.89 bits per heavy atom. The number of carbonyl (C=O) groups excluding carboxylic acids is 3. The summed E-state index contributed by atoms with van der Waals surface area (Å²) in [5.74, 6) is -1.86. The summed E-state index contributed by atoms with van der Waals surface area (Å²) in [6.07, 6.45) is 0.911. The largest absolute Gasteiger partial charge is 0.459 e. The Balaban J connectivity index is 1.30. The number of ether oxygens (including phenoxy) is 4. The summed E-state index contributed by atoms with van der Waals surface area (Å²) in [6, 6.07) is 31.0. The molecule has 10 nitrogen and oxygen atoms in total. The monoisotopic (exact) mass is 613 g/mol. The first kappa shape index (κ1) is 28.9. The van der Waals surface area contributed by atoms with E-state index in [2.05, 4.69) is 9.97 Å². The molecule has 0 bridgehead atoms. The first-order valence-electron chi connectivity index (χ1n) is 14.7. The van der Waals surface area contributed by atoms with Gasteiger partial charge in [-0.25, -0.2) is 24.4 Å². The van der Waals surface area contributed by atoms with Crippen molar-refractivity contribution in [3.63, 3.8) is 0 Å². The Morgan fingerprint density at radius 2 is 1.26 bits per heavy atom. The van der Waals surface area contributed by atoms with Gasteiger partial charge < -0.3 is 23.3 Å². The van der Waals surface area contributed by atoms with Gasteiger partial charge in [-0.2, -0.15) is 0 Å². The van der Waals surface area contributed by atoms with Gasteiger partial charge in [-0.05, 0) is 54.6 Å². The normalized spacial score (nSPS) is 19.1. The topological polar surface area (TPSA) is 118 Å². The zero-order chi connectivity index (χ0) is 31.5. The van der Waals surface area contributed by atoms with Crippen molar-refractivity contribution in [2.75, 3.05) is 6.61 Å². The molecule has 1 aliphatic heterocycles. The quantitative estimate of drug-likeness (QED) is 0.159. The molecule has 228 valence electrons. The van der Waals surface area contributed by atoms with Gasteiger partial charge in [-0.15, -0.1) is 0 Å². The summed E-state index contributed by atoms with van der Waals surface area (Å²) in [7, 11) is 0. The molecular weight excluding hydrogens is 586 g/mol. The molecule has 46 heavy (non-hydrogen) atoms. The molecule has 0 unspecified atom stereocenters. The highest BCUT2D eigenvalue weighted by atomic mass is 16.6. The van der Waals surface area contributed by atoms with Crippen molar-refractivity contribution in [3.05, 3.63) is 150 Å². The second-order valence-electron chi connectivity index (χ2n) is 10.7. The minimum atomic E-state index is -1.16. The number of carbonyl (C=O) groups is 3. The van der Waals surface area contributed by atoms with E-state index in [1.54, 1.807) is 109 Å². The van der Waals surface area contributed by atoms with Gasteiger partial charge in [0.15, 0.2) is 17.9 Å². The fraction of sp³-hybridized carbons (Fsp3) is 0.139. The van der Waals surface area contributed by atoms with Crippen LogP contribution in [0.25, 0.3) is 16.7 Å². The van der Waals surface area contributed by atoms with Gasteiger partial charge in [0.05, 0.1) is 33.9 Å². The standard InChI is InChI=1S/C36H27N3O7/c40-34(23-11-4-1-5-12-23)43-22-28-31(45-35(41)24-13-6-2-7-14-24)32(46-36(42)25-15-8-3-9-16-25)30(44-28)27-18-19-37-33-29(27)39-20-10-17-26(39)21-38-33/h1-21,28,30-32H,22H2/t28-,30+,31-,32+/m1/s1. The van der Waals surface area contributed by atoms with Crippen molar-refractivity contribution in [1.82, 2.24) is 14.4 Å². The molecule has 7 rings (SSSR count). The number of fused-ring (bicyclic) bond motifs is 3. The van der Waals surface area contributed by atoms with Crippen molar-refractivity contribution in [2.24, 2.45) is 0 Å². The highest BCUT2D eigenvalue weighted by molar-refractivity contribution is 5.91. The molecule has 0 spiro atoms. The van der Waals surface area contributed by atoms with E-state index >= 15 is 0 Å². The molecular formula is C36H27N3O7. The van der Waals surface area contributed by atoms with Crippen molar-refractivity contribution in [2.45, 2.75) is 24.4 Å². The van der Waals surface area contributed by atoms with E-state index < -0.39 is 42.3 Å². The lowest BCUT2D eigenvalue weighted by molar-refractivity contribution is -0.0449. The van der Waals surface area contributed by atoms with Gasteiger partial charge >= 0.3 is 17.9 Å². The van der Waals surface area contributed by atoms with Crippen LogP contribution in [-0.2, 0) is 18.9 Å². The van der Waals surface area contributed by atoms with Crippen LogP contribution in [-0.4, -0.2) is 57.2 Å². The summed E-state index contributed by atoms with van der Waals surface area (Å²) in [6.45, 7) is -0.281. The lowest BCUT2D eigenvalue weighted by Crippen LogP contribution is -2.40. The molecule has 3 aromatic heterocycles. The molecule has 3 aromatic carbocycles. The predicted molar refractivity (Wildman–Crippen MR) is 166 cm³/mol. The number of benzene rings is 3. The van der Waals surface area contributed by atoms with Crippen LogP contribution in [0.2, 0.25) is 0 Å². The van der Waals surface area contributed by atoms with Crippen LogP contribution in [0.3, 0.4) is 0 Å². The van der Waals surface area contributed by atoms with E-state index in [1.807, 2.05) is 22.7 Å². The minimum Gasteiger partial charge on any atom is -0.459 e. The van der Waals surface area contributed by atoms with Crippen LogP contribution in [0.5, 0.6) is 0 Å². The lowest BCUT2D eigenvalue weighted by Gasteiger charge is -2.25. The Labute approximate surface area is 263 Å². The van der Waals surface area contributed by atoms with E-state index in [4.69, 9.17) is 18.9 Å². The fourth-order valence-electron chi connectivity index (χ4n) is 5.59. The maximum Gasteiger partial charge on any atom is 0.338 e. The maximum atomic E-state index is 13.5. The molecule has 1 fully saturated rings. The van der Waals surface area contributed by atoms with E-state index in [9.17, 15) is 14.4 Å². The average molecular weight is 614 g/mol. The zero-order valence-corrected chi connectivity index (χ0v) is 24.3. The van der Waals surface area contributed by atoms with E-state index in [1.165, 1.54) is 0 Å². The first-order chi connectivity index (χ1) is 22.6. The zero-order valence-electron chi connectivity index (χ0n) is 24.3. The van der Waals surface area contributed by atoms with E-state index in [-0.39, 0.29) is 6.61 Å². The summed E-state index contributed by atoms with van der Waals surface area (Å²) < 4.78 is 26.4. The Hall–Kier alpha value is -5.87. The van der Waals surface area contributed by atoms with Gasteiger partial charge in [0, 0.05) is 18.0 Å². The molecule has 1 saturated heterocycles. The first-order valence-corrected chi connectivity index (χ1v) is 14.7.